The van der Waals surface area contributed by atoms with Crippen molar-refractivity contribution in [3.05, 3.63) is 0 Å². The van der Waals surface area contributed by atoms with E-state index < -0.39 is 5.54 Å². The van der Waals surface area contributed by atoms with Crippen LogP contribution in [-0.2, 0) is 9.59 Å². The molecule has 0 aromatic carbocycles. The van der Waals surface area contributed by atoms with Gasteiger partial charge in [-0.1, -0.05) is 12.8 Å². The summed E-state index contributed by atoms with van der Waals surface area (Å²) in [5.41, 5.74) is -0.826. The van der Waals surface area contributed by atoms with Gasteiger partial charge in [-0.15, -0.1) is 11.8 Å². The molecular weight excluding hydrogens is 302 g/mol. The summed E-state index contributed by atoms with van der Waals surface area (Å²) < 4.78 is 0. The molecule has 124 valence electrons. The minimum atomic E-state index is -0.826. The Kier molecular flexibility index (Phi) is 5.36. The lowest BCUT2D eigenvalue weighted by Gasteiger charge is -2.18. The Bertz CT molecular complexity index is 461. The Morgan fingerprint density at radius 1 is 1.41 bits per heavy atom. The number of urea groups is 1. The van der Waals surface area contributed by atoms with E-state index in [1.165, 1.54) is 29.5 Å². The van der Waals surface area contributed by atoms with Gasteiger partial charge in [0.1, 0.15) is 5.54 Å². The summed E-state index contributed by atoms with van der Waals surface area (Å²) in [5, 5.41) is 5.55. The molecular formula is C15H25N3O3S. The van der Waals surface area contributed by atoms with E-state index in [0.717, 1.165) is 12.8 Å². The smallest absolute Gasteiger partial charge is 0.325 e. The lowest BCUT2D eigenvalue weighted by molar-refractivity contribution is -0.130. The minimum Gasteiger partial charge on any atom is -0.352 e. The van der Waals surface area contributed by atoms with Gasteiger partial charge in [0, 0.05) is 18.3 Å². The maximum absolute atomic E-state index is 12.1. The third-order valence-electron chi connectivity index (χ3n) is 4.20. The first-order chi connectivity index (χ1) is 10.3. The Morgan fingerprint density at radius 2 is 2.05 bits per heavy atom. The molecule has 1 heterocycles. The number of carbonyl (C=O) groups is 3. The zero-order valence-electron chi connectivity index (χ0n) is 13.5. The van der Waals surface area contributed by atoms with Crippen molar-refractivity contribution < 1.29 is 14.4 Å². The van der Waals surface area contributed by atoms with Crippen LogP contribution in [0.4, 0.5) is 4.79 Å². The fourth-order valence-electron chi connectivity index (χ4n) is 2.81. The first kappa shape index (κ1) is 17.1. The molecule has 7 heteroatoms. The van der Waals surface area contributed by atoms with E-state index in [0.29, 0.717) is 18.3 Å². The molecule has 0 spiro atoms. The molecule has 6 nitrogen and oxygen atoms in total. The molecule has 2 N–H and O–H groups in total. The second kappa shape index (κ2) is 6.89. The Hall–Kier alpha value is -1.24. The van der Waals surface area contributed by atoms with Crippen molar-refractivity contribution in [2.45, 2.75) is 63.3 Å². The van der Waals surface area contributed by atoms with Crippen molar-refractivity contribution in [1.82, 2.24) is 15.5 Å². The Balaban J connectivity index is 1.72. The Labute approximate surface area is 135 Å². The van der Waals surface area contributed by atoms with Crippen LogP contribution < -0.4 is 10.6 Å². The van der Waals surface area contributed by atoms with Crippen LogP contribution in [0.15, 0.2) is 0 Å². The molecule has 2 fully saturated rings. The third-order valence-corrected chi connectivity index (χ3v) is 5.33. The predicted octanol–water partition coefficient (Wildman–Crippen LogP) is 1.50. The fourth-order valence-corrected chi connectivity index (χ4v) is 3.67. The highest BCUT2D eigenvalue weighted by atomic mass is 32.2. The molecule has 1 saturated heterocycles. The summed E-state index contributed by atoms with van der Waals surface area (Å²) in [5.74, 6) is 0.407. The quantitative estimate of drug-likeness (QED) is 0.725. The summed E-state index contributed by atoms with van der Waals surface area (Å²) in [6.07, 6.45) is 4.52. The lowest BCUT2D eigenvalue weighted by Crippen LogP contribution is -2.40. The fraction of sp³-hybridized carbons (Fsp3) is 0.800. The summed E-state index contributed by atoms with van der Waals surface area (Å²) in [7, 11) is 0. The number of carbonyl (C=O) groups excluding carboxylic acids is 3. The summed E-state index contributed by atoms with van der Waals surface area (Å²) in [4.78, 5) is 37.1. The zero-order chi connectivity index (χ0) is 16.3. The third kappa shape index (κ3) is 3.94. The zero-order valence-corrected chi connectivity index (χ0v) is 14.3. The van der Waals surface area contributed by atoms with Gasteiger partial charge in [0.05, 0.1) is 5.25 Å². The molecule has 0 aromatic rings. The number of nitrogens with one attached hydrogen (secondary N) is 2. The van der Waals surface area contributed by atoms with Gasteiger partial charge in [0.25, 0.3) is 5.91 Å². The summed E-state index contributed by atoms with van der Waals surface area (Å²) in [6, 6.07) is -0.0269. The number of thioether (sulfide) groups is 1. The molecule has 1 saturated carbocycles. The standard InChI is InChI=1S/C15H25N3O3S/c1-10(12(19)16-11-6-4-5-7-11)22-9-8-18-13(20)15(2,3)17-14(18)21/h10-11H,4-9H2,1-3H3,(H,16,19)(H,17,21)/t10-/m1/s1. The molecule has 22 heavy (non-hydrogen) atoms. The normalized spacial score (nSPS) is 22.8. The highest BCUT2D eigenvalue weighted by Gasteiger charge is 2.43. The van der Waals surface area contributed by atoms with Crippen LogP contribution in [0.25, 0.3) is 0 Å². The highest BCUT2D eigenvalue weighted by molar-refractivity contribution is 8.00. The average molecular weight is 327 g/mol. The van der Waals surface area contributed by atoms with Crippen LogP contribution in [0.2, 0.25) is 0 Å². The van der Waals surface area contributed by atoms with Crippen LogP contribution in [0.3, 0.4) is 0 Å². The van der Waals surface area contributed by atoms with E-state index in [-0.39, 0.29) is 23.1 Å². The molecule has 0 radical (unpaired) electrons. The number of rotatable bonds is 6. The average Bonchev–Trinajstić information content (AvgIpc) is 3.00. The van der Waals surface area contributed by atoms with Crippen LogP contribution in [0.5, 0.6) is 0 Å². The highest BCUT2D eigenvalue weighted by Crippen LogP contribution is 2.20. The van der Waals surface area contributed by atoms with Gasteiger partial charge in [-0.05, 0) is 33.6 Å². The van der Waals surface area contributed by atoms with Gasteiger partial charge < -0.3 is 10.6 Å². The monoisotopic (exact) mass is 327 g/mol. The van der Waals surface area contributed by atoms with Crippen molar-refractivity contribution in [2.24, 2.45) is 0 Å². The van der Waals surface area contributed by atoms with Gasteiger partial charge in [0.15, 0.2) is 0 Å². The largest absolute Gasteiger partial charge is 0.352 e. The van der Waals surface area contributed by atoms with Gasteiger partial charge in [-0.3, -0.25) is 14.5 Å². The first-order valence-electron chi connectivity index (χ1n) is 7.87. The molecule has 1 aliphatic carbocycles. The molecule has 0 aromatic heterocycles. The maximum atomic E-state index is 12.1. The lowest BCUT2D eigenvalue weighted by atomic mass is 10.1. The van der Waals surface area contributed by atoms with Gasteiger partial charge in [-0.25, -0.2) is 4.79 Å². The van der Waals surface area contributed by atoms with E-state index in [9.17, 15) is 14.4 Å². The summed E-state index contributed by atoms with van der Waals surface area (Å²) >= 11 is 1.47. The molecule has 0 unspecified atom stereocenters. The van der Waals surface area contributed by atoms with E-state index in [4.69, 9.17) is 0 Å². The van der Waals surface area contributed by atoms with E-state index in [1.54, 1.807) is 13.8 Å². The maximum Gasteiger partial charge on any atom is 0.325 e. The molecule has 2 rings (SSSR count). The van der Waals surface area contributed by atoms with E-state index in [1.807, 2.05) is 6.92 Å². The number of nitrogens with zero attached hydrogens (tertiary/aromatic N) is 1. The molecule has 0 bridgehead atoms. The van der Waals surface area contributed by atoms with Crippen LogP contribution >= 0.6 is 11.8 Å². The topological polar surface area (TPSA) is 78.5 Å². The van der Waals surface area contributed by atoms with Crippen LogP contribution in [0, 0.1) is 0 Å². The number of hydrogen-bond donors (Lipinski definition) is 2. The van der Waals surface area contributed by atoms with Crippen LogP contribution in [0.1, 0.15) is 46.5 Å². The molecule has 2 aliphatic rings. The SMILES string of the molecule is C[C@@H](SCCN1C(=O)NC(C)(C)C1=O)C(=O)NC1CCCC1. The van der Waals surface area contributed by atoms with Crippen molar-refractivity contribution in [1.29, 1.82) is 0 Å². The summed E-state index contributed by atoms with van der Waals surface area (Å²) in [6.45, 7) is 5.58. The number of imide groups is 1. The van der Waals surface area contributed by atoms with E-state index in [2.05, 4.69) is 10.6 Å². The van der Waals surface area contributed by atoms with Gasteiger partial charge >= 0.3 is 6.03 Å². The van der Waals surface area contributed by atoms with E-state index >= 15 is 0 Å². The predicted molar refractivity (Wildman–Crippen MR) is 86.6 cm³/mol. The molecule has 1 atom stereocenters. The number of hydrogen-bond acceptors (Lipinski definition) is 4. The van der Waals surface area contributed by atoms with Gasteiger partial charge in [-0.2, -0.15) is 0 Å². The van der Waals surface area contributed by atoms with Crippen molar-refractivity contribution in [3.8, 4) is 0 Å². The van der Waals surface area contributed by atoms with Crippen molar-refractivity contribution >= 4 is 29.6 Å². The second-order valence-electron chi connectivity index (χ2n) is 6.51. The number of amides is 4. The molecule has 4 amide bonds. The van der Waals surface area contributed by atoms with Gasteiger partial charge in [0.2, 0.25) is 5.91 Å². The second-order valence-corrected chi connectivity index (χ2v) is 7.96. The molecule has 1 aliphatic heterocycles. The first-order valence-corrected chi connectivity index (χ1v) is 8.92. The van der Waals surface area contributed by atoms with Crippen LogP contribution in [-0.4, -0.2) is 51.9 Å². The van der Waals surface area contributed by atoms with Crippen molar-refractivity contribution in [2.75, 3.05) is 12.3 Å². The Morgan fingerprint density at radius 3 is 2.59 bits per heavy atom. The van der Waals surface area contributed by atoms with Crippen molar-refractivity contribution in [3.63, 3.8) is 0 Å². The minimum absolute atomic E-state index is 0.0504.